The highest BCUT2D eigenvalue weighted by molar-refractivity contribution is 5.67. The van der Waals surface area contributed by atoms with Crippen molar-refractivity contribution < 1.29 is 4.74 Å². The molecule has 1 aliphatic rings. The molecule has 0 saturated carbocycles. The van der Waals surface area contributed by atoms with Crippen molar-refractivity contribution in [3.8, 4) is 17.0 Å². The first-order chi connectivity index (χ1) is 15.4. The highest BCUT2D eigenvalue weighted by Gasteiger charge is 2.22. The summed E-state index contributed by atoms with van der Waals surface area (Å²) in [5.41, 5.74) is 7.47. The van der Waals surface area contributed by atoms with Gasteiger partial charge in [0.15, 0.2) is 11.5 Å². The van der Waals surface area contributed by atoms with Crippen molar-refractivity contribution in [1.82, 2.24) is 24.6 Å². The van der Waals surface area contributed by atoms with Gasteiger partial charge in [-0.1, -0.05) is 0 Å². The molecule has 0 aromatic carbocycles. The van der Waals surface area contributed by atoms with Gasteiger partial charge in [0, 0.05) is 66.6 Å². The quantitative estimate of drug-likeness (QED) is 0.496. The molecule has 1 aliphatic heterocycles. The smallest absolute Gasteiger partial charge is 0.274 e. The Morgan fingerprint density at radius 3 is 2.62 bits per heavy atom. The second-order valence-electron chi connectivity index (χ2n) is 8.20. The van der Waals surface area contributed by atoms with E-state index >= 15 is 0 Å². The van der Waals surface area contributed by atoms with E-state index in [9.17, 15) is 4.79 Å². The van der Waals surface area contributed by atoms with Gasteiger partial charge < -0.3 is 9.64 Å². The number of methoxy groups -OCH3 is 1. The van der Waals surface area contributed by atoms with Gasteiger partial charge in [-0.3, -0.25) is 9.78 Å². The maximum atomic E-state index is 12.4. The van der Waals surface area contributed by atoms with E-state index in [0.29, 0.717) is 23.8 Å². The van der Waals surface area contributed by atoms with Crippen molar-refractivity contribution >= 4 is 11.5 Å². The summed E-state index contributed by atoms with van der Waals surface area (Å²) in [6, 6.07) is 7.54. The fourth-order valence-electron chi connectivity index (χ4n) is 4.25. The highest BCUT2D eigenvalue weighted by atomic mass is 16.5. The van der Waals surface area contributed by atoms with E-state index < -0.39 is 0 Å². The summed E-state index contributed by atoms with van der Waals surface area (Å²) in [5, 5.41) is 4.65. The number of pyridine rings is 2. The number of nitrogens with zero attached hydrogens (tertiary/aromatic N) is 6. The van der Waals surface area contributed by atoms with Gasteiger partial charge in [0.25, 0.3) is 5.56 Å². The van der Waals surface area contributed by atoms with E-state index in [1.807, 2.05) is 45.3 Å². The van der Waals surface area contributed by atoms with Gasteiger partial charge in [-0.25, -0.2) is 9.97 Å². The van der Waals surface area contributed by atoms with Crippen molar-refractivity contribution in [3.63, 3.8) is 0 Å². The van der Waals surface area contributed by atoms with Crippen LogP contribution in [0.4, 0.5) is 5.82 Å². The molecule has 0 aliphatic carbocycles. The number of hydrogen-bond acceptors (Lipinski definition) is 7. The van der Waals surface area contributed by atoms with Gasteiger partial charge in [-0.2, -0.15) is 4.52 Å². The van der Waals surface area contributed by atoms with E-state index in [4.69, 9.17) is 9.72 Å². The number of aromatic nitrogens is 5. The Morgan fingerprint density at radius 2 is 1.84 bits per heavy atom. The van der Waals surface area contributed by atoms with E-state index in [2.05, 4.69) is 26.0 Å². The highest BCUT2D eigenvalue weighted by Crippen LogP contribution is 2.30. The third-order valence-electron chi connectivity index (χ3n) is 5.89. The Labute approximate surface area is 185 Å². The zero-order valence-electron chi connectivity index (χ0n) is 18.6. The summed E-state index contributed by atoms with van der Waals surface area (Å²) in [7, 11) is 1.62. The molecule has 5 heterocycles. The van der Waals surface area contributed by atoms with E-state index in [1.54, 1.807) is 7.11 Å². The summed E-state index contributed by atoms with van der Waals surface area (Å²) < 4.78 is 6.61. The molecule has 0 atom stereocenters. The average Bonchev–Trinajstić information content (AvgIpc) is 2.77. The van der Waals surface area contributed by atoms with Crippen LogP contribution in [0.25, 0.3) is 16.8 Å². The molecular weight excluding hydrogens is 404 g/mol. The van der Waals surface area contributed by atoms with Crippen LogP contribution in [-0.2, 0) is 13.0 Å². The molecule has 4 aromatic rings. The molecule has 5 rings (SSSR count). The first-order valence-electron chi connectivity index (χ1n) is 10.5. The number of hydrogen-bond donors (Lipinski definition) is 0. The Morgan fingerprint density at radius 1 is 1.00 bits per heavy atom. The molecule has 8 heteroatoms. The standard InChI is InChI=1S/C24H24N6O2/c1-14-8-22(32-4)26-12-19(14)17-10-18-13-29(6-5-20(18)25-11-17)24-15(2)7-21-27-16(3)9-23(31)30(21)28-24/h7-12H,5-6,13H2,1-4H3. The van der Waals surface area contributed by atoms with Crippen LogP contribution in [0.1, 0.15) is 28.1 Å². The normalized spacial score (nSPS) is 13.3. The lowest BCUT2D eigenvalue weighted by Crippen LogP contribution is -2.33. The molecule has 0 fully saturated rings. The van der Waals surface area contributed by atoms with Crippen LogP contribution in [-0.4, -0.2) is 38.2 Å². The van der Waals surface area contributed by atoms with Crippen molar-refractivity contribution in [3.05, 3.63) is 75.1 Å². The molecule has 8 nitrogen and oxygen atoms in total. The van der Waals surface area contributed by atoms with Gasteiger partial charge in [-0.15, -0.1) is 5.10 Å². The Balaban J connectivity index is 1.51. The lowest BCUT2D eigenvalue weighted by Gasteiger charge is -2.30. The van der Waals surface area contributed by atoms with Gasteiger partial charge in [0.2, 0.25) is 5.88 Å². The summed E-state index contributed by atoms with van der Waals surface area (Å²) in [5.74, 6) is 1.39. The number of fused-ring (bicyclic) bond motifs is 2. The van der Waals surface area contributed by atoms with Gasteiger partial charge in [0.05, 0.1) is 7.11 Å². The van der Waals surface area contributed by atoms with Crippen molar-refractivity contribution in [2.75, 3.05) is 18.6 Å². The minimum absolute atomic E-state index is 0.169. The van der Waals surface area contributed by atoms with E-state index in [-0.39, 0.29) is 5.56 Å². The number of rotatable bonds is 3. The monoisotopic (exact) mass is 428 g/mol. The fraction of sp³-hybridized carbons (Fsp3) is 0.292. The van der Waals surface area contributed by atoms with Crippen LogP contribution < -0.4 is 15.2 Å². The van der Waals surface area contributed by atoms with Gasteiger partial charge >= 0.3 is 0 Å². The van der Waals surface area contributed by atoms with Crippen LogP contribution in [0.2, 0.25) is 0 Å². The number of aryl methyl sites for hydroxylation is 3. The lowest BCUT2D eigenvalue weighted by molar-refractivity contribution is 0.397. The van der Waals surface area contributed by atoms with E-state index in [0.717, 1.165) is 52.3 Å². The van der Waals surface area contributed by atoms with Crippen LogP contribution in [0.15, 0.2) is 41.5 Å². The summed E-state index contributed by atoms with van der Waals surface area (Å²) >= 11 is 0. The first-order valence-corrected chi connectivity index (χ1v) is 10.5. The van der Waals surface area contributed by atoms with Crippen molar-refractivity contribution in [1.29, 1.82) is 0 Å². The molecule has 0 unspecified atom stereocenters. The Bertz CT molecular complexity index is 1410. The second-order valence-corrected chi connectivity index (χ2v) is 8.20. The van der Waals surface area contributed by atoms with Crippen LogP contribution in [0, 0.1) is 20.8 Å². The average molecular weight is 428 g/mol. The predicted molar refractivity (Wildman–Crippen MR) is 122 cm³/mol. The zero-order chi connectivity index (χ0) is 22.4. The molecule has 0 saturated heterocycles. The Kier molecular flexibility index (Phi) is 4.84. The minimum atomic E-state index is -0.169. The van der Waals surface area contributed by atoms with Gasteiger partial charge in [0.1, 0.15) is 0 Å². The molecule has 0 radical (unpaired) electrons. The first kappa shape index (κ1) is 20.1. The van der Waals surface area contributed by atoms with Gasteiger partial charge in [-0.05, 0) is 49.6 Å². The molecule has 0 bridgehead atoms. The number of ether oxygens (including phenoxy) is 1. The fourth-order valence-corrected chi connectivity index (χ4v) is 4.25. The molecule has 4 aromatic heterocycles. The molecule has 32 heavy (non-hydrogen) atoms. The number of anilines is 1. The van der Waals surface area contributed by atoms with Crippen LogP contribution in [0.3, 0.4) is 0 Å². The molecule has 0 N–H and O–H groups in total. The molecular formula is C24H24N6O2. The van der Waals surface area contributed by atoms with E-state index in [1.165, 1.54) is 10.6 Å². The Hall–Kier alpha value is -3.81. The van der Waals surface area contributed by atoms with Crippen LogP contribution >= 0.6 is 0 Å². The van der Waals surface area contributed by atoms with Crippen molar-refractivity contribution in [2.24, 2.45) is 0 Å². The summed E-state index contributed by atoms with van der Waals surface area (Å²) in [6.45, 7) is 7.33. The maximum absolute atomic E-state index is 12.4. The molecule has 162 valence electrons. The molecule has 0 amide bonds. The lowest BCUT2D eigenvalue weighted by atomic mass is 9.99. The zero-order valence-corrected chi connectivity index (χ0v) is 18.6. The predicted octanol–water partition coefficient (Wildman–Crippen LogP) is 3.04. The minimum Gasteiger partial charge on any atom is -0.481 e. The van der Waals surface area contributed by atoms with Crippen LogP contribution in [0.5, 0.6) is 5.88 Å². The maximum Gasteiger partial charge on any atom is 0.274 e. The second kappa shape index (κ2) is 7.71. The topological polar surface area (TPSA) is 85.5 Å². The molecule has 0 spiro atoms. The third kappa shape index (κ3) is 3.47. The third-order valence-corrected chi connectivity index (χ3v) is 5.89. The van der Waals surface area contributed by atoms with Crippen molar-refractivity contribution in [2.45, 2.75) is 33.7 Å². The summed E-state index contributed by atoms with van der Waals surface area (Å²) in [6.07, 6.45) is 4.56. The largest absolute Gasteiger partial charge is 0.481 e. The summed E-state index contributed by atoms with van der Waals surface area (Å²) in [4.78, 5) is 28.2. The SMILES string of the molecule is COc1cc(C)c(-c2cnc3c(c2)CN(c2nn4c(=O)cc(C)nc4cc2C)CC3)cn1.